The topological polar surface area (TPSA) is 64.2 Å². The van der Waals surface area contributed by atoms with Crippen molar-refractivity contribution in [2.24, 2.45) is 0 Å². The zero-order valence-corrected chi connectivity index (χ0v) is 9.89. The van der Waals surface area contributed by atoms with Crippen LogP contribution in [0.3, 0.4) is 0 Å². The number of nitro groups is 1. The molecule has 1 rings (SSSR count). The van der Waals surface area contributed by atoms with E-state index in [2.05, 4.69) is 4.98 Å². The van der Waals surface area contributed by atoms with E-state index in [1.165, 1.54) is 10.8 Å². The number of alkyl halides is 1. The third-order valence-corrected chi connectivity index (χ3v) is 2.05. The smallest absolute Gasteiger partial charge is 0.343 e. The van der Waals surface area contributed by atoms with Gasteiger partial charge in [0.05, 0.1) is 5.88 Å². The zero-order valence-electron chi connectivity index (χ0n) is 9.13. The van der Waals surface area contributed by atoms with Crippen LogP contribution in [0.1, 0.15) is 5.82 Å². The van der Waals surface area contributed by atoms with E-state index in [1.807, 2.05) is 19.0 Å². The Labute approximate surface area is 98.3 Å². The first-order valence-electron chi connectivity index (χ1n) is 4.66. The second kappa shape index (κ2) is 5.50. The lowest BCUT2D eigenvalue weighted by molar-refractivity contribution is -0.392. The average Bonchev–Trinajstić information content (AvgIpc) is 2.59. The van der Waals surface area contributed by atoms with Crippen molar-refractivity contribution in [2.45, 2.75) is 6.54 Å². The third kappa shape index (κ3) is 2.96. The SMILES string of the molecule is CN(C)C=Cc1ncc([N+](=O)[O-])n1CCCl. The van der Waals surface area contributed by atoms with Crippen molar-refractivity contribution in [1.82, 2.24) is 14.5 Å². The van der Waals surface area contributed by atoms with E-state index in [0.717, 1.165) is 0 Å². The Bertz CT molecular complexity index is 400. The Kier molecular flexibility index (Phi) is 4.30. The van der Waals surface area contributed by atoms with Crippen LogP contribution in [0.5, 0.6) is 0 Å². The molecule has 6 nitrogen and oxygen atoms in total. The Morgan fingerprint density at radius 3 is 2.88 bits per heavy atom. The summed E-state index contributed by atoms with van der Waals surface area (Å²) in [5, 5.41) is 10.7. The number of rotatable bonds is 5. The fourth-order valence-electron chi connectivity index (χ4n) is 1.19. The molecule has 0 atom stereocenters. The van der Waals surface area contributed by atoms with Gasteiger partial charge in [-0.2, -0.15) is 0 Å². The fourth-order valence-corrected chi connectivity index (χ4v) is 1.36. The van der Waals surface area contributed by atoms with Crippen LogP contribution < -0.4 is 0 Å². The van der Waals surface area contributed by atoms with Crippen molar-refractivity contribution >= 4 is 23.5 Å². The van der Waals surface area contributed by atoms with Crippen LogP contribution in [-0.2, 0) is 6.54 Å². The van der Waals surface area contributed by atoms with Gasteiger partial charge >= 0.3 is 5.82 Å². The molecule has 0 aliphatic carbocycles. The molecule has 1 aromatic rings. The molecule has 0 fully saturated rings. The molecule has 16 heavy (non-hydrogen) atoms. The minimum absolute atomic E-state index is 0.0425. The molecule has 0 aliphatic rings. The van der Waals surface area contributed by atoms with Crippen LogP contribution in [0.4, 0.5) is 5.82 Å². The molecule has 0 saturated heterocycles. The molecule has 0 N–H and O–H groups in total. The van der Waals surface area contributed by atoms with Crippen LogP contribution in [-0.4, -0.2) is 39.3 Å². The summed E-state index contributed by atoms with van der Waals surface area (Å²) in [5.41, 5.74) is 0. The molecule has 0 spiro atoms. The van der Waals surface area contributed by atoms with E-state index < -0.39 is 4.92 Å². The quantitative estimate of drug-likeness (QED) is 0.448. The summed E-state index contributed by atoms with van der Waals surface area (Å²) in [6, 6.07) is 0. The van der Waals surface area contributed by atoms with E-state index in [-0.39, 0.29) is 5.82 Å². The van der Waals surface area contributed by atoms with Crippen LogP contribution >= 0.6 is 11.6 Å². The molecular formula is C9H13ClN4O2. The largest absolute Gasteiger partial charge is 0.383 e. The van der Waals surface area contributed by atoms with Gasteiger partial charge in [-0.25, -0.2) is 9.55 Å². The predicted octanol–water partition coefficient (Wildman–Crippen LogP) is 1.56. The number of hydrogen-bond acceptors (Lipinski definition) is 4. The van der Waals surface area contributed by atoms with Gasteiger partial charge in [0.1, 0.15) is 12.7 Å². The van der Waals surface area contributed by atoms with Gasteiger partial charge < -0.3 is 15.0 Å². The minimum atomic E-state index is -0.466. The highest BCUT2D eigenvalue weighted by Crippen LogP contribution is 2.15. The summed E-state index contributed by atoms with van der Waals surface area (Å²) in [5.74, 6) is 0.792. The van der Waals surface area contributed by atoms with Crippen molar-refractivity contribution < 1.29 is 4.92 Å². The summed E-state index contributed by atoms with van der Waals surface area (Å²) >= 11 is 5.60. The predicted molar refractivity (Wildman–Crippen MR) is 62.3 cm³/mol. The molecule has 0 radical (unpaired) electrons. The number of hydrogen-bond donors (Lipinski definition) is 0. The van der Waals surface area contributed by atoms with Gasteiger partial charge in [-0.05, 0) is 4.92 Å². The number of nitrogens with zero attached hydrogens (tertiary/aromatic N) is 4. The zero-order chi connectivity index (χ0) is 12.1. The minimum Gasteiger partial charge on any atom is -0.383 e. The summed E-state index contributed by atoms with van der Waals surface area (Å²) < 4.78 is 1.48. The Hall–Kier alpha value is -1.56. The lowest BCUT2D eigenvalue weighted by atomic mass is 10.5. The molecular weight excluding hydrogens is 232 g/mol. The first-order chi connectivity index (χ1) is 7.56. The van der Waals surface area contributed by atoms with Gasteiger partial charge in [-0.1, -0.05) is 0 Å². The molecule has 0 bridgehead atoms. The number of halogens is 1. The van der Waals surface area contributed by atoms with Gasteiger partial charge in [0.15, 0.2) is 0 Å². The van der Waals surface area contributed by atoms with Crippen molar-refractivity contribution in [3.05, 3.63) is 28.3 Å². The molecule has 0 amide bonds. The number of aromatic nitrogens is 2. The van der Waals surface area contributed by atoms with Crippen LogP contribution in [0, 0.1) is 10.1 Å². The summed E-state index contributed by atoms with van der Waals surface area (Å²) in [4.78, 5) is 16.1. The van der Waals surface area contributed by atoms with Gasteiger partial charge in [-0.15, -0.1) is 11.6 Å². The van der Waals surface area contributed by atoms with Crippen LogP contribution in [0.25, 0.3) is 6.08 Å². The van der Waals surface area contributed by atoms with Crippen LogP contribution in [0.15, 0.2) is 12.4 Å². The van der Waals surface area contributed by atoms with Crippen LogP contribution in [0.2, 0.25) is 0 Å². The van der Waals surface area contributed by atoms with Crippen molar-refractivity contribution in [3.63, 3.8) is 0 Å². The second-order valence-corrected chi connectivity index (χ2v) is 3.73. The summed E-state index contributed by atoms with van der Waals surface area (Å²) in [6.45, 7) is 0.366. The number of imidazole rings is 1. The Morgan fingerprint density at radius 1 is 1.69 bits per heavy atom. The van der Waals surface area contributed by atoms with Crippen molar-refractivity contribution in [2.75, 3.05) is 20.0 Å². The van der Waals surface area contributed by atoms with Gasteiger partial charge in [-0.3, -0.25) is 0 Å². The highest BCUT2D eigenvalue weighted by molar-refractivity contribution is 6.17. The van der Waals surface area contributed by atoms with E-state index in [0.29, 0.717) is 18.2 Å². The Balaban J connectivity index is 3.04. The Morgan fingerprint density at radius 2 is 2.38 bits per heavy atom. The molecule has 0 aromatic carbocycles. The van der Waals surface area contributed by atoms with Gasteiger partial charge in [0, 0.05) is 26.4 Å². The molecule has 7 heteroatoms. The maximum absolute atomic E-state index is 10.7. The molecule has 0 aliphatic heterocycles. The normalized spacial score (nSPS) is 10.9. The maximum Gasteiger partial charge on any atom is 0.343 e. The summed E-state index contributed by atoms with van der Waals surface area (Å²) in [7, 11) is 3.72. The molecule has 1 heterocycles. The summed E-state index contributed by atoms with van der Waals surface area (Å²) in [6.07, 6.45) is 4.72. The monoisotopic (exact) mass is 244 g/mol. The third-order valence-electron chi connectivity index (χ3n) is 1.88. The highest BCUT2D eigenvalue weighted by Gasteiger charge is 2.17. The first-order valence-corrected chi connectivity index (χ1v) is 5.20. The van der Waals surface area contributed by atoms with Crippen molar-refractivity contribution in [3.8, 4) is 0 Å². The van der Waals surface area contributed by atoms with E-state index in [4.69, 9.17) is 11.6 Å². The van der Waals surface area contributed by atoms with E-state index in [1.54, 1.807) is 12.3 Å². The molecule has 0 saturated carbocycles. The molecule has 0 unspecified atom stereocenters. The lowest BCUT2D eigenvalue weighted by Crippen LogP contribution is -2.07. The van der Waals surface area contributed by atoms with Gasteiger partial charge in [0.2, 0.25) is 5.82 Å². The lowest BCUT2D eigenvalue weighted by Gasteiger charge is -2.03. The maximum atomic E-state index is 10.7. The van der Waals surface area contributed by atoms with Gasteiger partial charge in [0.25, 0.3) is 0 Å². The second-order valence-electron chi connectivity index (χ2n) is 3.35. The molecule has 1 aromatic heterocycles. The average molecular weight is 245 g/mol. The standard InChI is InChI=1S/C9H13ClN4O2/c1-12(2)5-3-8-11-7-9(14(15)16)13(8)6-4-10/h3,5,7H,4,6H2,1-2H3. The highest BCUT2D eigenvalue weighted by atomic mass is 35.5. The van der Waals surface area contributed by atoms with E-state index >= 15 is 0 Å². The molecule has 88 valence electrons. The van der Waals surface area contributed by atoms with Crippen molar-refractivity contribution in [1.29, 1.82) is 0 Å². The van der Waals surface area contributed by atoms with E-state index in [9.17, 15) is 10.1 Å². The fraction of sp³-hybridized carbons (Fsp3) is 0.444. The first kappa shape index (κ1) is 12.5.